The Morgan fingerprint density at radius 2 is 1.84 bits per heavy atom. The number of nitrogens with zero attached hydrogens (tertiary/aromatic N) is 1. The van der Waals surface area contributed by atoms with Crippen molar-refractivity contribution in [2.24, 2.45) is 0 Å². The number of hydrogen-bond acceptors (Lipinski definition) is 3. The number of halogens is 2. The predicted molar refractivity (Wildman–Crippen MR) is 97.4 cm³/mol. The first-order valence-electron chi connectivity index (χ1n) is 7.61. The number of aromatic nitrogens is 1. The Kier molecular flexibility index (Phi) is 5.26. The summed E-state index contributed by atoms with van der Waals surface area (Å²) in [6.07, 6.45) is 3.04. The fraction of sp³-hybridized carbons (Fsp3) is 0.0526. The summed E-state index contributed by atoms with van der Waals surface area (Å²) in [6.45, 7) is 0.296. The molecule has 2 aromatic carbocycles. The molecule has 1 amide bonds. The lowest BCUT2D eigenvalue weighted by molar-refractivity contribution is 0.102. The van der Waals surface area contributed by atoms with Gasteiger partial charge in [0.05, 0.1) is 22.0 Å². The molecule has 0 aliphatic heterocycles. The van der Waals surface area contributed by atoms with Gasteiger partial charge in [0.2, 0.25) is 0 Å². The van der Waals surface area contributed by atoms with Crippen LogP contribution in [-0.4, -0.2) is 10.9 Å². The number of para-hydroxylation sites is 1. The summed E-state index contributed by atoms with van der Waals surface area (Å²) in [7, 11) is 0. The summed E-state index contributed by atoms with van der Waals surface area (Å²) >= 11 is 6.04. The van der Waals surface area contributed by atoms with E-state index in [0.717, 1.165) is 0 Å². The van der Waals surface area contributed by atoms with Gasteiger partial charge >= 0.3 is 0 Å². The standard InChI is InChI=1S/C19H15ClFN3O/c20-16-6-2-4-8-18(16)24-19(25)14-9-15(12-22-10-14)23-11-13-5-1-3-7-17(13)21/h1-10,12,23H,11H2,(H,24,25). The number of rotatable bonds is 5. The Morgan fingerprint density at radius 1 is 1.08 bits per heavy atom. The van der Waals surface area contributed by atoms with E-state index in [2.05, 4.69) is 15.6 Å². The second-order valence-corrected chi connectivity index (χ2v) is 5.75. The van der Waals surface area contributed by atoms with Crippen LogP contribution in [0.4, 0.5) is 15.8 Å². The van der Waals surface area contributed by atoms with Crippen LogP contribution in [0.2, 0.25) is 5.02 Å². The van der Waals surface area contributed by atoms with E-state index in [4.69, 9.17) is 11.6 Å². The summed E-state index contributed by atoms with van der Waals surface area (Å²) in [6, 6.07) is 15.1. The maximum atomic E-state index is 13.6. The number of pyridine rings is 1. The molecule has 0 saturated carbocycles. The minimum atomic E-state index is -0.324. The minimum absolute atomic E-state index is 0.282. The van der Waals surface area contributed by atoms with Crippen LogP contribution in [0.15, 0.2) is 67.0 Å². The van der Waals surface area contributed by atoms with Crippen molar-refractivity contribution in [3.8, 4) is 0 Å². The molecule has 0 aliphatic carbocycles. The van der Waals surface area contributed by atoms with E-state index >= 15 is 0 Å². The molecule has 0 bridgehead atoms. The Bertz CT molecular complexity index is 901. The number of amides is 1. The molecule has 3 rings (SSSR count). The zero-order valence-corrected chi connectivity index (χ0v) is 13.9. The largest absolute Gasteiger partial charge is 0.380 e. The first kappa shape index (κ1) is 16.9. The molecule has 0 spiro atoms. The molecule has 0 fully saturated rings. The molecular formula is C19H15ClFN3O. The number of nitrogens with one attached hydrogen (secondary N) is 2. The van der Waals surface area contributed by atoms with Gasteiger partial charge in [-0.1, -0.05) is 41.9 Å². The lowest BCUT2D eigenvalue weighted by atomic mass is 10.2. The van der Waals surface area contributed by atoms with E-state index in [1.807, 2.05) is 0 Å². The fourth-order valence-corrected chi connectivity index (χ4v) is 2.44. The molecule has 126 valence electrons. The van der Waals surface area contributed by atoms with Crippen LogP contribution in [0, 0.1) is 5.82 Å². The third-order valence-corrected chi connectivity index (χ3v) is 3.89. The second kappa shape index (κ2) is 7.77. The smallest absolute Gasteiger partial charge is 0.257 e. The highest BCUT2D eigenvalue weighted by atomic mass is 35.5. The van der Waals surface area contributed by atoms with Crippen molar-refractivity contribution in [1.29, 1.82) is 0 Å². The van der Waals surface area contributed by atoms with Crippen molar-refractivity contribution in [1.82, 2.24) is 4.98 Å². The van der Waals surface area contributed by atoms with Crippen LogP contribution in [0.1, 0.15) is 15.9 Å². The van der Waals surface area contributed by atoms with Crippen LogP contribution in [0.5, 0.6) is 0 Å². The summed E-state index contributed by atoms with van der Waals surface area (Å²) < 4.78 is 13.6. The van der Waals surface area contributed by atoms with Gasteiger partial charge in [-0.15, -0.1) is 0 Å². The Morgan fingerprint density at radius 3 is 2.64 bits per heavy atom. The summed E-state index contributed by atoms with van der Waals surface area (Å²) in [4.78, 5) is 16.4. The summed E-state index contributed by atoms with van der Waals surface area (Å²) in [5.74, 6) is -0.606. The highest BCUT2D eigenvalue weighted by Gasteiger charge is 2.10. The molecule has 0 radical (unpaired) electrons. The molecule has 0 unspecified atom stereocenters. The quantitative estimate of drug-likeness (QED) is 0.695. The maximum Gasteiger partial charge on any atom is 0.257 e. The van der Waals surface area contributed by atoms with Crippen molar-refractivity contribution in [3.63, 3.8) is 0 Å². The summed E-state index contributed by atoms with van der Waals surface area (Å²) in [5.41, 5.74) is 2.06. The topological polar surface area (TPSA) is 54.0 Å². The molecular weight excluding hydrogens is 341 g/mol. The molecule has 1 aromatic heterocycles. The SMILES string of the molecule is O=C(Nc1ccccc1Cl)c1cncc(NCc2ccccc2F)c1. The van der Waals surface area contributed by atoms with Crippen LogP contribution < -0.4 is 10.6 Å². The molecule has 0 atom stereocenters. The van der Waals surface area contributed by atoms with E-state index in [-0.39, 0.29) is 11.7 Å². The third kappa shape index (κ3) is 4.33. The molecule has 1 heterocycles. The van der Waals surface area contributed by atoms with Crippen molar-refractivity contribution in [2.75, 3.05) is 10.6 Å². The minimum Gasteiger partial charge on any atom is -0.380 e. The number of anilines is 2. The van der Waals surface area contributed by atoms with Gasteiger partial charge in [-0.25, -0.2) is 4.39 Å². The van der Waals surface area contributed by atoms with Crippen LogP contribution in [0.25, 0.3) is 0 Å². The van der Waals surface area contributed by atoms with Crippen LogP contribution in [-0.2, 0) is 6.54 Å². The van der Waals surface area contributed by atoms with Crippen LogP contribution >= 0.6 is 11.6 Å². The molecule has 3 aromatic rings. The zero-order valence-electron chi connectivity index (χ0n) is 13.2. The van der Waals surface area contributed by atoms with Crippen molar-refractivity contribution in [2.45, 2.75) is 6.54 Å². The lowest BCUT2D eigenvalue weighted by Gasteiger charge is -2.10. The Balaban J connectivity index is 1.70. The molecule has 25 heavy (non-hydrogen) atoms. The Labute approximate surface area is 149 Å². The summed E-state index contributed by atoms with van der Waals surface area (Å²) in [5, 5.41) is 6.26. The van der Waals surface area contributed by atoms with Gasteiger partial charge in [0.25, 0.3) is 5.91 Å². The number of carbonyl (C=O) groups excluding carboxylic acids is 1. The third-order valence-electron chi connectivity index (χ3n) is 3.56. The van der Waals surface area contributed by atoms with Crippen molar-refractivity contribution >= 4 is 28.9 Å². The molecule has 0 aliphatic rings. The van der Waals surface area contributed by atoms with E-state index in [1.54, 1.807) is 54.7 Å². The van der Waals surface area contributed by atoms with E-state index in [9.17, 15) is 9.18 Å². The van der Waals surface area contributed by atoms with Gasteiger partial charge in [-0.2, -0.15) is 0 Å². The van der Waals surface area contributed by atoms with Gasteiger partial charge in [0, 0.05) is 24.5 Å². The van der Waals surface area contributed by atoms with Crippen molar-refractivity contribution in [3.05, 3.63) is 89.0 Å². The second-order valence-electron chi connectivity index (χ2n) is 5.34. The van der Waals surface area contributed by atoms with Gasteiger partial charge in [0.15, 0.2) is 0 Å². The monoisotopic (exact) mass is 355 g/mol. The normalized spacial score (nSPS) is 10.3. The first-order chi connectivity index (χ1) is 12.1. The number of carbonyl (C=O) groups is 1. The van der Waals surface area contributed by atoms with E-state index < -0.39 is 0 Å². The lowest BCUT2D eigenvalue weighted by Crippen LogP contribution is -2.13. The van der Waals surface area contributed by atoms with Gasteiger partial charge < -0.3 is 10.6 Å². The molecule has 4 nitrogen and oxygen atoms in total. The van der Waals surface area contributed by atoms with E-state index in [1.165, 1.54) is 12.3 Å². The number of hydrogen-bond donors (Lipinski definition) is 2. The molecule has 2 N–H and O–H groups in total. The maximum absolute atomic E-state index is 13.6. The zero-order chi connectivity index (χ0) is 17.6. The van der Waals surface area contributed by atoms with E-state index in [0.29, 0.717) is 34.1 Å². The average molecular weight is 356 g/mol. The van der Waals surface area contributed by atoms with Crippen LogP contribution in [0.3, 0.4) is 0 Å². The van der Waals surface area contributed by atoms with Crippen molar-refractivity contribution < 1.29 is 9.18 Å². The predicted octanol–water partition coefficient (Wildman–Crippen LogP) is 4.74. The Hall–Kier alpha value is -2.92. The first-order valence-corrected chi connectivity index (χ1v) is 7.99. The molecule has 6 heteroatoms. The highest BCUT2D eigenvalue weighted by Crippen LogP contribution is 2.21. The number of benzene rings is 2. The molecule has 0 saturated heterocycles. The van der Waals surface area contributed by atoms with Gasteiger partial charge in [-0.05, 0) is 24.3 Å². The van der Waals surface area contributed by atoms with Gasteiger partial charge in [0.1, 0.15) is 5.82 Å². The van der Waals surface area contributed by atoms with Gasteiger partial charge in [-0.3, -0.25) is 9.78 Å². The average Bonchev–Trinajstić information content (AvgIpc) is 2.63. The fourth-order valence-electron chi connectivity index (χ4n) is 2.26. The highest BCUT2D eigenvalue weighted by molar-refractivity contribution is 6.33.